The minimum absolute atomic E-state index is 0.0145. The summed E-state index contributed by atoms with van der Waals surface area (Å²) >= 11 is 0. The van der Waals surface area contributed by atoms with Crippen LogP contribution in [0.15, 0.2) is 53.4 Å². The molecule has 7 N–H and O–H groups in total. The van der Waals surface area contributed by atoms with E-state index in [4.69, 9.17) is 26.2 Å². The molecular weight excluding hydrogens is 497 g/mol. The van der Waals surface area contributed by atoms with Gasteiger partial charge in [-0.15, -0.1) is 0 Å². The van der Waals surface area contributed by atoms with Crippen molar-refractivity contribution in [1.82, 2.24) is 4.72 Å². The summed E-state index contributed by atoms with van der Waals surface area (Å²) in [6.45, 7) is 0.0525. The lowest BCUT2D eigenvalue weighted by Gasteiger charge is -2.08. The number of amides is 1. The van der Waals surface area contributed by atoms with Crippen molar-refractivity contribution in [2.75, 3.05) is 11.9 Å². The lowest BCUT2D eigenvalue weighted by atomic mass is 10.2. The van der Waals surface area contributed by atoms with E-state index in [1.165, 1.54) is 36.4 Å². The molecule has 0 bridgehead atoms. The van der Waals surface area contributed by atoms with E-state index < -0.39 is 28.1 Å². The highest BCUT2D eigenvalue weighted by molar-refractivity contribution is 7.89. The molecule has 15 heteroatoms. The van der Waals surface area contributed by atoms with Crippen molar-refractivity contribution in [3.05, 3.63) is 59.7 Å². The maximum absolute atomic E-state index is 12.3. The second-order valence-corrected chi connectivity index (χ2v) is 8.47. The van der Waals surface area contributed by atoms with Gasteiger partial charge in [0, 0.05) is 18.7 Å². The SMILES string of the molecule is NC(=[NH2+])c1cccc(S(=O)(=O)NCCCC(=O)Nc2cccc(C(=O)O)c2)c1.O=C([O-])C(F)(F)F. The third-order valence-corrected chi connectivity index (χ3v) is 5.43. The summed E-state index contributed by atoms with van der Waals surface area (Å²) in [5.41, 5.74) is 6.30. The first-order valence-electron chi connectivity index (χ1n) is 9.53. The molecule has 2 rings (SSSR count). The standard InChI is InChI=1S/C18H20N4O5S.C2HF3O2/c19-17(20)12-4-2-7-15(11-12)28(26,27)21-9-3-8-16(23)22-14-6-1-5-13(10-14)18(24)25;3-2(4,5)1(6)7/h1-2,4-7,10-11,21H,3,8-9H2,(H3,19,20)(H,22,23)(H,24,25);(H,6,7). The first-order chi connectivity index (χ1) is 16.1. The Bertz CT molecular complexity index is 1200. The van der Waals surface area contributed by atoms with Crippen molar-refractivity contribution in [2.45, 2.75) is 23.9 Å². The molecule has 11 nitrogen and oxygen atoms in total. The third-order valence-electron chi connectivity index (χ3n) is 3.98. The zero-order chi connectivity index (χ0) is 26.8. The first kappa shape index (κ1) is 29.1. The fraction of sp³-hybridized carbons (Fsp3) is 0.200. The van der Waals surface area contributed by atoms with Crippen LogP contribution in [0.5, 0.6) is 0 Å². The van der Waals surface area contributed by atoms with Gasteiger partial charge in [-0.3, -0.25) is 15.9 Å². The molecule has 0 aliphatic carbocycles. The second kappa shape index (κ2) is 12.5. The Hall–Kier alpha value is -3.98. The number of aliphatic carboxylic acids is 1. The number of hydrogen-bond donors (Lipinski definition) is 5. The van der Waals surface area contributed by atoms with Crippen molar-refractivity contribution >= 4 is 39.4 Å². The van der Waals surface area contributed by atoms with Gasteiger partial charge in [0.25, 0.3) is 5.84 Å². The molecule has 0 saturated heterocycles. The average molecular weight is 518 g/mol. The molecule has 0 saturated carbocycles. The predicted octanol–water partition coefficient (Wildman–Crippen LogP) is -1.15. The van der Waals surface area contributed by atoms with Crippen LogP contribution in [0.2, 0.25) is 0 Å². The highest BCUT2D eigenvalue weighted by Gasteiger charge is 2.28. The van der Waals surface area contributed by atoms with E-state index >= 15 is 0 Å². The number of hydrogen-bond acceptors (Lipinski definition) is 6. The van der Waals surface area contributed by atoms with Crippen LogP contribution in [-0.2, 0) is 19.6 Å². The lowest BCUT2D eigenvalue weighted by Crippen LogP contribution is -2.46. The molecule has 2 aromatic rings. The van der Waals surface area contributed by atoms with Crippen LogP contribution in [0.1, 0.15) is 28.8 Å². The largest absolute Gasteiger partial charge is 0.542 e. The quantitative estimate of drug-likeness (QED) is 0.155. The monoisotopic (exact) mass is 518 g/mol. The zero-order valence-corrected chi connectivity index (χ0v) is 18.7. The molecule has 0 aliphatic rings. The predicted molar refractivity (Wildman–Crippen MR) is 114 cm³/mol. The molecule has 35 heavy (non-hydrogen) atoms. The summed E-state index contributed by atoms with van der Waals surface area (Å²) in [5, 5.41) is 25.8. The number of alkyl halides is 3. The number of carboxylic acids is 2. The molecule has 0 spiro atoms. The van der Waals surface area contributed by atoms with Gasteiger partial charge in [-0.05, 0) is 42.8 Å². The van der Waals surface area contributed by atoms with E-state index in [0.717, 1.165) is 0 Å². The Labute approximate surface area is 197 Å². The minimum Gasteiger partial charge on any atom is -0.542 e. The van der Waals surface area contributed by atoms with Crippen molar-refractivity contribution in [3.63, 3.8) is 0 Å². The number of carbonyl (C=O) groups excluding carboxylic acids is 2. The molecule has 0 heterocycles. The van der Waals surface area contributed by atoms with Gasteiger partial charge in [-0.1, -0.05) is 12.1 Å². The lowest BCUT2D eigenvalue weighted by molar-refractivity contribution is -0.344. The van der Waals surface area contributed by atoms with E-state index in [0.29, 0.717) is 11.3 Å². The number of benzene rings is 2. The van der Waals surface area contributed by atoms with Crippen LogP contribution < -0.4 is 26.3 Å². The highest BCUT2D eigenvalue weighted by Crippen LogP contribution is 2.13. The maximum Gasteiger partial charge on any atom is 0.430 e. The number of anilines is 1. The van der Waals surface area contributed by atoms with Gasteiger partial charge in [-0.25, -0.2) is 17.9 Å². The minimum atomic E-state index is -5.19. The van der Waals surface area contributed by atoms with E-state index in [2.05, 4.69) is 10.0 Å². The van der Waals surface area contributed by atoms with Gasteiger partial charge in [0.2, 0.25) is 15.9 Å². The van der Waals surface area contributed by atoms with Crippen LogP contribution >= 0.6 is 0 Å². The normalized spacial score (nSPS) is 11.1. The summed E-state index contributed by atoms with van der Waals surface area (Å²) in [6.07, 6.45) is -4.88. The fourth-order valence-corrected chi connectivity index (χ4v) is 3.45. The molecule has 0 atom stereocenters. The highest BCUT2D eigenvalue weighted by atomic mass is 32.2. The number of sulfonamides is 1. The Morgan fingerprint density at radius 1 is 1.06 bits per heavy atom. The van der Waals surface area contributed by atoms with Crippen LogP contribution in [0, 0.1) is 0 Å². The Kier molecular flexibility index (Phi) is 10.4. The number of halogens is 3. The summed E-state index contributed by atoms with van der Waals surface area (Å²) < 4.78 is 58.5. The van der Waals surface area contributed by atoms with E-state index in [-0.39, 0.29) is 41.6 Å². The number of aromatic carboxylic acids is 1. The number of rotatable bonds is 9. The molecular formula is C20H21F3N4O7S. The van der Waals surface area contributed by atoms with Crippen LogP contribution in [0.4, 0.5) is 18.9 Å². The van der Waals surface area contributed by atoms with Gasteiger partial charge >= 0.3 is 12.1 Å². The fourth-order valence-electron chi connectivity index (χ4n) is 2.34. The van der Waals surface area contributed by atoms with Crippen LogP contribution in [-0.4, -0.2) is 49.9 Å². The number of carboxylic acid groups (broad SMARTS) is 2. The molecule has 0 fully saturated rings. The van der Waals surface area contributed by atoms with E-state index in [1.54, 1.807) is 12.1 Å². The number of carbonyl (C=O) groups is 3. The van der Waals surface area contributed by atoms with E-state index in [1.807, 2.05) is 0 Å². The van der Waals surface area contributed by atoms with Crippen molar-refractivity contribution in [2.24, 2.45) is 5.73 Å². The van der Waals surface area contributed by atoms with Gasteiger partial charge in [0.1, 0.15) is 5.97 Å². The second-order valence-electron chi connectivity index (χ2n) is 6.70. The number of amidine groups is 1. The number of nitrogens with one attached hydrogen (secondary N) is 2. The smallest absolute Gasteiger partial charge is 0.430 e. The zero-order valence-electron chi connectivity index (χ0n) is 17.8. The van der Waals surface area contributed by atoms with Gasteiger partial charge in [0.15, 0.2) is 0 Å². The van der Waals surface area contributed by atoms with Gasteiger partial charge in [0.05, 0.1) is 16.0 Å². The molecule has 190 valence electrons. The maximum atomic E-state index is 12.3. The van der Waals surface area contributed by atoms with E-state index in [9.17, 15) is 31.2 Å². The molecule has 0 aromatic heterocycles. The molecule has 1 amide bonds. The Morgan fingerprint density at radius 3 is 2.17 bits per heavy atom. The molecule has 0 unspecified atom stereocenters. The van der Waals surface area contributed by atoms with Gasteiger partial charge in [-0.2, -0.15) is 13.2 Å². The number of nitrogens with two attached hydrogens (primary N) is 2. The Morgan fingerprint density at radius 2 is 1.63 bits per heavy atom. The van der Waals surface area contributed by atoms with Crippen molar-refractivity contribution in [3.8, 4) is 0 Å². The summed E-state index contributed by atoms with van der Waals surface area (Å²) in [6, 6.07) is 11.7. The average Bonchev–Trinajstić information content (AvgIpc) is 2.76. The Balaban J connectivity index is 0.000000762. The summed E-state index contributed by atoms with van der Waals surface area (Å²) in [7, 11) is -3.76. The topological polar surface area (TPSA) is 204 Å². The molecule has 0 radical (unpaired) electrons. The first-order valence-corrected chi connectivity index (χ1v) is 11.0. The van der Waals surface area contributed by atoms with Crippen molar-refractivity contribution in [1.29, 1.82) is 0 Å². The summed E-state index contributed by atoms with van der Waals surface area (Å²) in [4.78, 5) is 31.7. The van der Waals surface area contributed by atoms with Crippen molar-refractivity contribution < 1.29 is 51.6 Å². The molecule has 2 aromatic carbocycles. The third kappa shape index (κ3) is 10.2. The van der Waals surface area contributed by atoms with Crippen LogP contribution in [0.25, 0.3) is 0 Å². The summed E-state index contributed by atoms with van der Waals surface area (Å²) in [5.74, 6) is -4.44. The molecule has 0 aliphatic heterocycles. The van der Waals surface area contributed by atoms with Gasteiger partial charge < -0.3 is 20.3 Å². The van der Waals surface area contributed by atoms with Crippen LogP contribution in [0.3, 0.4) is 0 Å².